The zero-order chi connectivity index (χ0) is 29.3. The maximum atomic E-state index is 13.1. The smallest absolute Gasteiger partial charge is 0.410 e. The number of carbonyl (C=O) groups excluding carboxylic acids is 2. The molecule has 0 atom stereocenters. The minimum absolute atomic E-state index is 0.0236. The van der Waals surface area contributed by atoms with Gasteiger partial charge in [-0.3, -0.25) is 4.79 Å². The van der Waals surface area contributed by atoms with Crippen molar-refractivity contribution in [1.29, 1.82) is 0 Å². The summed E-state index contributed by atoms with van der Waals surface area (Å²) in [4.78, 5) is 33.5. The van der Waals surface area contributed by atoms with Crippen molar-refractivity contribution in [3.63, 3.8) is 0 Å². The molecule has 1 aliphatic rings. The Labute approximate surface area is 239 Å². The van der Waals surface area contributed by atoms with Crippen LogP contribution < -0.4 is 0 Å². The van der Waals surface area contributed by atoms with Gasteiger partial charge in [0.15, 0.2) is 8.32 Å². The van der Waals surface area contributed by atoms with Gasteiger partial charge in [0, 0.05) is 38.3 Å². The van der Waals surface area contributed by atoms with Gasteiger partial charge in [0.05, 0.1) is 24.0 Å². The highest BCUT2D eigenvalue weighted by molar-refractivity contribution is 6.74. The normalized spacial score (nSPS) is 15.0. The number of imidazole rings is 1. The highest BCUT2D eigenvalue weighted by Crippen LogP contribution is 2.36. The molecule has 2 aromatic carbocycles. The van der Waals surface area contributed by atoms with E-state index in [1.165, 1.54) is 0 Å². The minimum atomic E-state index is -1.78. The summed E-state index contributed by atoms with van der Waals surface area (Å²) in [5.41, 5.74) is 4.22. The van der Waals surface area contributed by atoms with Gasteiger partial charge in [-0.2, -0.15) is 0 Å². The molecule has 2 heterocycles. The van der Waals surface area contributed by atoms with Crippen LogP contribution in [0.5, 0.6) is 0 Å². The maximum Gasteiger partial charge on any atom is 0.410 e. The fourth-order valence-electron chi connectivity index (χ4n) is 4.44. The van der Waals surface area contributed by atoms with E-state index in [9.17, 15) is 9.59 Å². The van der Waals surface area contributed by atoms with Crippen LogP contribution in [0.4, 0.5) is 4.79 Å². The predicted molar refractivity (Wildman–Crippen MR) is 162 cm³/mol. The average molecular weight is 565 g/mol. The topological polar surface area (TPSA) is 76.9 Å². The molecule has 1 aromatic heterocycles. The van der Waals surface area contributed by atoms with E-state index in [1.54, 1.807) is 9.80 Å². The van der Waals surface area contributed by atoms with E-state index in [2.05, 4.69) is 61.6 Å². The lowest BCUT2D eigenvalue weighted by Gasteiger charge is -2.36. The number of ether oxygens (including phenoxy) is 1. The number of fused-ring (bicyclic) bond motifs is 1. The summed E-state index contributed by atoms with van der Waals surface area (Å²) in [6.45, 7) is 20.2. The number of hydrogen-bond acceptors (Lipinski definition) is 5. The van der Waals surface area contributed by atoms with Crippen LogP contribution in [-0.2, 0) is 15.7 Å². The summed E-state index contributed by atoms with van der Waals surface area (Å²) in [5.74, 6) is -0.0236. The van der Waals surface area contributed by atoms with Gasteiger partial charge < -0.3 is 23.5 Å². The summed E-state index contributed by atoms with van der Waals surface area (Å²) in [5, 5.41) is 0.190. The Bertz CT molecular complexity index is 1340. The first kappa shape index (κ1) is 29.8. The molecular formula is C31H44N4O4Si. The van der Waals surface area contributed by atoms with Gasteiger partial charge in [0.1, 0.15) is 5.60 Å². The molecule has 0 radical (unpaired) electrons. The van der Waals surface area contributed by atoms with Crippen LogP contribution in [0.25, 0.3) is 22.2 Å². The summed E-state index contributed by atoms with van der Waals surface area (Å²) in [6, 6.07) is 14.0. The van der Waals surface area contributed by atoms with Crippen molar-refractivity contribution in [1.82, 2.24) is 19.4 Å². The SMILES string of the molecule is CC(C)(C)OC(=O)N1CCN(C(=O)c2ccc(-c3ccc4c(c3)ncn4CCO[Si](C)(C)C(C)(C)C)cc2)CC1. The van der Waals surface area contributed by atoms with Crippen LogP contribution in [-0.4, -0.2) is 78.1 Å². The lowest BCUT2D eigenvalue weighted by molar-refractivity contribution is 0.0141. The monoisotopic (exact) mass is 564 g/mol. The highest BCUT2D eigenvalue weighted by atomic mass is 28.4. The summed E-state index contributed by atoms with van der Waals surface area (Å²) in [6.07, 6.45) is 1.55. The predicted octanol–water partition coefficient (Wildman–Crippen LogP) is 6.42. The van der Waals surface area contributed by atoms with Crippen LogP contribution in [0.15, 0.2) is 48.8 Å². The van der Waals surface area contributed by atoms with Gasteiger partial charge in [-0.05, 0) is 74.3 Å². The molecule has 3 aromatic rings. The molecule has 4 rings (SSSR count). The maximum absolute atomic E-state index is 13.1. The third-order valence-corrected chi connectivity index (χ3v) is 12.4. The Kier molecular flexibility index (Phi) is 8.47. The average Bonchev–Trinajstić information content (AvgIpc) is 3.29. The van der Waals surface area contributed by atoms with Crippen molar-refractivity contribution in [3.8, 4) is 11.1 Å². The first-order valence-corrected chi connectivity index (χ1v) is 17.0. The molecule has 1 fully saturated rings. The molecule has 9 heteroatoms. The summed E-state index contributed by atoms with van der Waals surface area (Å²) in [7, 11) is -1.78. The Morgan fingerprint density at radius 3 is 2.08 bits per heavy atom. The molecule has 0 aliphatic carbocycles. The largest absolute Gasteiger partial charge is 0.444 e. The van der Waals surface area contributed by atoms with E-state index in [-0.39, 0.29) is 17.0 Å². The first-order chi connectivity index (χ1) is 18.6. The molecule has 0 N–H and O–H groups in total. The van der Waals surface area contributed by atoms with Crippen molar-refractivity contribution < 1.29 is 18.8 Å². The van der Waals surface area contributed by atoms with E-state index in [0.29, 0.717) is 38.3 Å². The molecule has 2 amide bonds. The second-order valence-electron chi connectivity index (χ2n) is 13.1. The van der Waals surface area contributed by atoms with Crippen molar-refractivity contribution in [3.05, 3.63) is 54.4 Å². The lowest BCUT2D eigenvalue weighted by atomic mass is 10.0. The Morgan fingerprint density at radius 1 is 0.875 bits per heavy atom. The molecule has 0 bridgehead atoms. The standard InChI is InChI=1S/C31H44N4O4Si/c1-30(2,3)39-29(37)34-17-15-33(16-18-34)28(36)24-11-9-23(10-12-24)25-13-14-27-26(21-25)32-22-35(27)19-20-38-40(7,8)31(4,5)6/h9-14,21-22H,15-20H2,1-8H3. The molecule has 1 saturated heterocycles. The highest BCUT2D eigenvalue weighted by Gasteiger charge is 2.37. The fourth-order valence-corrected chi connectivity index (χ4v) is 5.48. The van der Waals surface area contributed by atoms with Crippen molar-refractivity contribution in [2.24, 2.45) is 0 Å². The molecular weight excluding hydrogens is 520 g/mol. The second kappa shape index (κ2) is 11.4. The third-order valence-electron chi connectivity index (χ3n) is 7.91. The zero-order valence-corrected chi connectivity index (χ0v) is 26.3. The van der Waals surface area contributed by atoms with Crippen LogP contribution >= 0.6 is 0 Å². The van der Waals surface area contributed by atoms with Crippen molar-refractivity contribution in [2.45, 2.75) is 71.8 Å². The zero-order valence-electron chi connectivity index (χ0n) is 25.3. The van der Waals surface area contributed by atoms with E-state index in [0.717, 1.165) is 28.7 Å². The molecule has 40 heavy (non-hydrogen) atoms. The van der Waals surface area contributed by atoms with Crippen LogP contribution in [0.1, 0.15) is 51.9 Å². The van der Waals surface area contributed by atoms with E-state index < -0.39 is 13.9 Å². The van der Waals surface area contributed by atoms with Crippen molar-refractivity contribution in [2.75, 3.05) is 32.8 Å². The second-order valence-corrected chi connectivity index (χ2v) is 17.9. The van der Waals surface area contributed by atoms with Gasteiger partial charge in [-0.15, -0.1) is 0 Å². The molecule has 0 spiro atoms. The molecule has 1 aliphatic heterocycles. The van der Waals surface area contributed by atoms with Crippen LogP contribution in [0.3, 0.4) is 0 Å². The lowest BCUT2D eigenvalue weighted by Crippen LogP contribution is -2.51. The molecule has 0 unspecified atom stereocenters. The number of amides is 2. The van der Waals surface area contributed by atoms with Gasteiger partial charge in [0.25, 0.3) is 5.91 Å². The Morgan fingerprint density at radius 2 is 1.48 bits per heavy atom. The fraction of sp³-hybridized carbons (Fsp3) is 0.516. The van der Waals surface area contributed by atoms with E-state index in [4.69, 9.17) is 9.16 Å². The minimum Gasteiger partial charge on any atom is -0.444 e. The van der Waals surface area contributed by atoms with Crippen LogP contribution in [0.2, 0.25) is 18.1 Å². The third kappa shape index (κ3) is 6.93. The number of carbonyl (C=O) groups is 2. The van der Waals surface area contributed by atoms with Crippen LogP contribution in [0, 0.1) is 0 Å². The number of rotatable bonds is 6. The number of piperazine rings is 1. The van der Waals surface area contributed by atoms with Gasteiger partial charge in [-0.1, -0.05) is 39.0 Å². The van der Waals surface area contributed by atoms with E-state index >= 15 is 0 Å². The van der Waals surface area contributed by atoms with Gasteiger partial charge >= 0.3 is 6.09 Å². The summed E-state index contributed by atoms with van der Waals surface area (Å²) >= 11 is 0. The Balaban J connectivity index is 1.36. The van der Waals surface area contributed by atoms with Gasteiger partial charge in [0.2, 0.25) is 0 Å². The molecule has 216 valence electrons. The summed E-state index contributed by atoms with van der Waals surface area (Å²) < 4.78 is 14.0. The molecule has 8 nitrogen and oxygen atoms in total. The number of nitrogens with zero attached hydrogens (tertiary/aromatic N) is 4. The van der Waals surface area contributed by atoms with Gasteiger partial charge in [-0.25, -0.2) is 9.78 Å². The number of benzene rings is 2. The number of hydrogen-bond donors (Lipinski definition) is 0. The number of aromatic nitrogens is 2. The van der Waals surface area contributed by atoms with E-state index in [1.807, 2.05) is 51.4 Å². The Hall–Kier alpha value is -3.17. The molecule has 0 saturated carbocycles. The quantitative estimate of drug-likeness (QED) is 0.323. The first-order valence-electron chi connectivity index (χ1n) is 14.1. The van der Waals surface area contributed by atoms with Crippen molar-refractivity contribution >= 4 is 31.4 Å².